The second-order valence-corrected chi connectivity index (χ2v) is 12.7. The third-order valence-electron chi connectivity index (χ3n) is 4.57. The molecule has 0 aromatic heterocycles. The van der Waals surface area contributed by atoms with Crippen LogP contribution in [-0.2, 0) is 10.9 Å². The van der Waals surface area contributed by atoms with Crippen molar-refractivity contribution < 1.29 is 43.5 Å². The van der Waals surface area contributed by atoms with Crippen LogP contribution in [0.3, 0.4) is 0 Å². The van der Waals surface area contributed by atoms with Crippen molar-refractivity contribution in [2.45, 2.75) is 58.7 Å². The zero-order valence-electron chi connectivity index (χ0n) is 17.9. The molecule has 0 saturated heterocycles. The fourth-order valence-electron chi connectivity index (χ4n) is 3.81. The summed E-state index contributed by atoms with van der Waals surface area (Å²) in [5.74, 6) is -4.65. The number of benzene rings is 1. The van der Waals surface area contributed by atoms with Gasteiger partial charge >= 0.3 is 12.1 Å². The summed E-state index contributed by atoms with van der Waals surface area (Å²) in [7, 11) is -1.58. The van der Waals surface area contributed by atoms with E-state index < -0.39 is 32.3 Å². The molecule has 0 N–H and O–H groups in total. The smallest absolute Gasteiger partial charge is 0.459 e. The van der Waals surface area contributed by atoms with E-state index in [2.05, 4.69) is 32.4 Å². The standard InChI is InChI=1S/C21H32F6OP.ClH/c1-16(2)13-29(14-17(3)4,15-18-9-6-5-7-10-18)12-8-11-28-19(22)20(23,24)21(25,26)27;/h5-7,9-10,16-17,19H,8,11-15H2,1-4H3;1H/q+1;/p-1. The van der Waals surface area contributed by atoms with Gasteiger partial charge in [0.2, 0.25) is 0 Å². The minimum Gasteiger partial charge on any atom is -1.00 e. The number of hydrogen-bond donors (Lipinski definition) is 0. The highest BCUT2D eigenvalue weighted by molar-refractivity contribution is 7.75. The van der Waals surface area contributed by atoms with Gasteiger partial charge < -0.3 is 17.1 Å². The third-order valence-corrected chi connectivity index (χ3v) is 9.88. The van der Waals surface area contributed by atoms with Gasteiger partial charge in [0.15, 0.2) is 0 Å². The largest absolute Gasteiger partial charge is 1.00 e. The molecule has 0 fully saturated rings. The van der Waals surface area contributed by atoms with E-state index in [1.54, 1.807) is 0 Å². The lowest BCUT2D eigenvalue weighted by Gasteiger charge is -2.31. The molecule has 0 amide bonds. The topological polar surface area (TPSA) is 9.23 Å². The molecular weight excluding hydrogens is 449 g/mol. The van der Waals surface area contributed by atoms with E-state index in [0.717, 1.165) is 18.5 Å². The number of ether oxygens (including phenoxy) is 1. The molecule has 1 atom stereocenters. The van der Waals surface area contributed by atoms with Crippen molar-refractivity contribution in [3.63, 3.8) is 0 Å². The van der Waals surface area contributed by atoms with Gasteiger partial charge in [-0.05, 0) is 17.4 Å². The molecule has 1 nitrogen and oxygen atoms in total. The molecular formula is C21H32ClF6OP. The minimum atomic E-state index is -5.97. The third kappa shape index (κ3) is 9.32. The van der Waals surface area contributed by atoms with Gasteiger partial charge in [0, 0.05) is 13.7 Å². The van der Waals surface area contributed by atoms with Crippen molar-refractivity contribution in [2.24, 2.45) is 11.8 Å². The summed E-state index contributed by atoms with van der Waals surface area (Å²) >= 11 is 0. The Morgan fingerprint density at radius 1 is 0.900 bits per heavy atom. The van der Waals surface area contributed by atoms with Crippen LogP contribution in [0.2, 0.25) is 0 Å². The van der Waals surface area contributed by atoms with Crippen molar-refractivity contribution in [3.05, 3.63) is 35.9 Å². The maximum atomic E-state index is 13.4. The second kappa shape index (κ2) is 12.5. The maximum absolute atomic E-state index is 13.4. The Labute approximate surface area is 182 Å². The SMILES string of the molecule is CC(C)C[P+](CCCOC(F)C(F)(F)C(F)(F)F)(Cc1ccccc1)CC(C)C.[Cl-]. The van der Waals surface area contributed by atoms with Crippen molar-refractivity contribution in [3.8, 4) is 0 Å². The van der Waals surface area contributed by atoms with Crippen molar-refractivity contribution >= 4 is 7.26 Å². The van der Waals surface area contributed by atoms with Crippen LogP contribution in [0, 0.1) is 11.8 Å². The first kappa shape index (κ1) is 29.5. The molecule has 0 saturated carbocycles. The summed E-state index contributed by atoms with van der Waals surface area (Å²) in [6.45, 7) is 8.03. The highest BCUT2D eigenvalue weighted by atomic mass is 35.5. The molecule has 9 heteroatoms. The van der Waals surface area contributed by atoms with Gasteiger partial charge in [0.05, 0.1) is 31.3 Å². The average molecular weight is 481 g/mol. The quantitative estimate of drug-likeness (QED) is 0.244. The van der Waals surface area contributed by atoms with Crippen LogP contribution in [0.15, 0.2) is 30.3 Å². The van der Waals surface area contributed by atoms with Crippen LogP contribution >= 0.6 is 7.26 Å². The Kier molecular flexibility index (Phi) is 12.3. The van der Waals surface area contributed by atoms with Gasteiger partial charge in [0.25, 0.3) is 6.36 Å². The molecule has 0 aliphatic carbocycles. The summed E-state index contributed by atoms with van der Waals surface area (Å²) in [4.78, 5) is 0. The van der Waals surface area contributed by atoms with Crippen molar-refractivity contribution in [2.75, 3.05) is 25.1 Å². The molecule has 176 valence electrons. The van der Waals surface area contributed by atoms with Crippen LogP contribution in [-0.4, -0.2) is 43.5 Å². The van der Waals surface area contributed by atoms with Crippen LogP contribution in [0.4, 0.5) is 26.3 Å². The van der Waals surface area contributed by atoms with Gasteiger partial charge in [-0.25, -0.2) is 4.39 Å². The second-order valence-electron chi connectivity index (χ2n) is 8.52. The Morgan fingerprint density at radius 3 is 1.83 bits per heavy atom. The lowest BCUT2D eigenvalue weighted by Crippen LogP contribution is -3.00. The highest BCUT2D eigenvalue weighted by Gasteiger charge is 2.64. The molecule has 1 aromatic rings. The van der Waals surface area contributed by atoms with E-state index in [1.807, 2.05) is 30.3 Å². The first-order valence-electron chi connectivity index (χ1n) is 9.88. The Morgan fingerprint density at radius 2 is 1.40 bits per heavy atom. The van der Waals surface area contributed by atoms with Gasteiger partial charge in [0.1, 0.15) is 0 Å². The first-order valence-corrected chi connectivity index (χ1v) is 12.4. The van der Waals surface area contributed by atoms with Crippen molar-refractivity contribution in [1.82, 2.24) is 0 Å². The monoisotopic (exact) mass is 480 g/mol. The number of rotatable bonds is 12. The summed E-state index contributed by atoms with van der Waals surface area (Å²) < 4.78 is 80.4. The zero-order chi connectivity index (χ0) is 22.3. The van der Waals surface area contributed by atoms with E-state index >= 15 is 0 Å². The maximum Gasteiger partial charge on any atom is 0.459 e. The number of halogens is 7. The Balaban J connectivity index is 0.00000841. The van der Waals surface area contributed by atoms with E-state index in [4.69, 9.17) is 0 Å². The molecule has 0 spiro atoms. The van der Waals surface area contributed by atoms with Gasteiger partial charge in [-0.1, -0.05) is 58.0 Å². The van der Waals surface area contributed by atoms with Gasteiger partial charge in [-0.2, -0.15) is 22.0 Å². The molecule has 0 radical (unpaired) electrons. The predicted octanol–water partition coefficient (Wildman–Crippen LogP) is 4.42. The summed E-state index contributed by atoms with van der Waals surface area (Å²) in [5.41, 5.74) is 1.19. The molecule has 1 rings (SSSR count). The van der Waals surface area contributed by atoms with Gasteiger partial charge in [-0.3, -0.25) is 0 Å². The van der Waals surface area contributed by atoms with Crippen molar-refractivity contribution in [1.29, 1.82) is 0 Å². The van der Waals surface area contributed by atoms with Crippen LogP contribution in [0.5, 0.6) is 0 Å². The highest BCUT2D eigenvalue weighted by Crippen LogP contribution is 2.64. The Hall–Kier alpha value is -0.520. The molecule has 0 aliphatic heterocycles. The lowest BCUT2D eigenvalue weighted by molar-refractivity contribution is -0.340. The molecule has 1 unspecified atom stereocenters. The average Bonchev–Trinajstić information content (AvgIpc) is 2.57. The first-order chi connectivity index (χ1) is 13.3. The van der Waals surface area contributed by atoms with Crippen LogP contribution in [0.25, 0.3) is 0 Å². The fraction of sp³-hybridized carbons (Fsp3) is 0.714. The molecule has 1 aromatic carbocycles. The van der Waals surface area contributed by atoms with E-state index in [9.17, 15) is 26.3 Å². The molecule has 30 heavy (non-hydrogen) atoms. The fourth-order valence-corrected chi connectivity index (χ4v) is 9.62. The van der Waals surface area contributed by atoms with E-state index in [1.165, 1.54) is 5.56 Å². The Bertz CT molecular complexity index is 585. The molecule has 0 bridgehead atoms. The van der Waals surface area contributed by atoms with E-state index in [-0.39, 0.29) is 18.8 Å². The van der Waals surface area contributed by atoms with Gasteiger partial charge in [-0.15, -0.1) is 0 Å². The predicted molar refractivity (Wildman–Crippen MR) is 108 cm³/mol. The normalized spacial score (nSPS) is 14.1. The number of alkyl halides is 6. The minimum absolute atomic E-state index is 0. The van der Waals surface area contributed by atoms with Crippen LogP contribution < -0.4 is 12.4 Å². The summed E-state index contributed by atoms with van der Waals surface area (Å²) in [6.07, 6.45) is -5.88. The number of hydrogen-bond acceptors (Lipinski definition) is 1. The zero-order valence-corrected chi connectivity index (χ0v) is 19.5. The molecule has 0 aliphatic rings. The summed E-state index contributed by atoms with van der Waals surface area (Å²) in [5, 5.41) is 0. The summed E-state index contributed by atoms with van der Waals surface area (Å²) in [6, 6.07) is 9.96. The van der Waals surface area contributed by atoms with Crippen LogP contribution in [0.1, 0.15) is 39.7 Å². The lowest BCUT2D eigenvalue weighted by atomic mass is 10.2. The molecule has 0 heterocycles. The van der Waals surface area contributed by atoms with E-state index in [0.29, 0.717) is 18.0 Å².